The van der Waals surface area contributed by atoms with Crippen molar-refractivity contribution in [1.82, 2.24) is 20.6 Å². The topological polar surface area (TPSA) is 342 Å². The number of Topliss-reactive ketones (excluding diaryl/α,β-unsaturated/α-hetero) is 4. The summed E-state index contributed by atoms with van der Waals surface area (Å²) in [6.45, 7) is 1.15. The Balaban J connectivity index is 0.977. The molecule has 0 aromatic heterocycles. The van der Waals surface area contributed by atoms with Gasteiger partial charge in [-0.15, -0.1) is 5.06 Å². The largest absolute Gasteiger partial charge is 0.508 e. The number of likely N-dealkylation sites (N-methyl/N-ethyl adjacent to an activating group) is 2. The summed E-state index contributed by atoms with van der Waals surface area (Å²) in [7, 11) is 11.3. The van der Waals surface area contributed by atoms with Crippen molar-refractivity contribution < 1.29 is 69.4 Å². The van der Waals surface area contributed by atoms with E-state index in [4.69, 9.17) is 16.3 Å². The molecule has 22 heteroatoms. The second kappa shape index (κ2) is 19.4. The van der Waals surface area contributed by atoms with Crippen molar-refractivity contribution in [1.29, 1.82) is 0 Å². The zero-order valence-electron chi connectivity index (χ0n) is 47.2. The zero-order chi connectivity index (χ0) is 58.8. The Labute approximate surface area is 474 Å². The third-order valence-corrected chi connectivity index (χ3v) is 21.0. The Morgan fingerprint density at radius 2 is 1.13 bits per heavy atom. The summed E-state index contributed by atoms with van der Waals surface area (Å²) in [5.41, 5.74) is 5.30. The lowest BCUT2D eigenvalue weighted by atomic mass is 9.57. The minimum atomic E-state index is -3.20. The highest BCUT2D eigenvalue weighted by molar-refractivity contribution is 6.25. The second-order valence-corrected chi connectivity index (χ2v) is 25.7. The second-order valence-electron chi connectivity index (χ2n) is 25.7. The summed E-state index contributed by atoms with van der Waals surface area (Å²) in [5.74, 6) is -14.3. The summed E-state index contributed by atoms with van der Waals surface area (Å²) >= 11 is 0. The number of aliphatic hydroxyl groups is 5. The van der Waals surface area contributed by atoms with Crippen LogP contribution >= 0.6 is 0 Å². The molecule has 7 fully saturated rings. The number of ketones is 4. The van der Waals surface area contributed by atoms with Gasteiger partial charge in [-0.05, 0) is 150 Å². The van der Waals surface area contributed by atoms with Gasteiger partial charge < -0.3 is 72.5 Å². The van der Waals surface area contributed by atoms with Crippen LogP contribution < -0.4 is 31.9 Å². The Morgan fingerprint density at radius 3 is 1.67 bits per heavy atom. The lowest BCUT2D eigenvalue weighted by molar-refractivity contribution is -0.208. The normalized spacial score (nSPS) is 34.1. The highest BCUT2D eigenvalue weighted by atomic mass is 16.7. The molecule has 0 aliphatic heterocycles. The first-order valence-electron chi connectivity index (χ1n) is 28.6. The van der Waals surface area contributed by atoms with Crippen LogP contribution in [0.1, 0.15) is 89.5 Å². The smallest absolute Gasteiger partial charge is 0.255 e. The van der Waals surface area contributed by atoms with Gasteiger partial charge in [0.05, 0.1) is 17.2 Å². The number of nitrogens with one attached hydrogen (secondary N) is 2. The first kappa shape index (κ1) is 55.7. The predicted molar refractivity (Wildman–Crippen MR) is 297 cm³/mol. The van der Waals surface area contributed by atoms with E-state index in [0.717, 1.165) is 31.4 Å². The number of anilines is 2. The van der Waals surface area contributed by atoms with Crippen molar-refractivity contribution in [3.63, 3.8) is 0 Å². The van der Waals surface area contributed by atoms with E-state index in [2.05, 4.69) is 10.6 Å². The monoisotopic (exact) mass is 1130 g/mol. The molecule has 12 aliphatic carbocycles. The molecule has 0 radical (unpaired) electrons. The Morgan fingerprint density at radius 1 is 0.646 bits per heavy atom. The van der Waals surface area contributed by atoms with Crippen molar-refractivity contribution in [2.45, 2.75) is 107 Å². The average molecular weight is 1130 g/mol. The maximum Gasteiger partial charge on any atom is 0.255 e. The molecule has 12 atom stereocenters. The molecular formula is C60H74N8O14. The minimum Gasteiger partial charge on any atom is -0.508 e. The Hall–Kier alpha value is -6.82. The molecule has 2 aromatic carbocycles. The molecule has 4 unspecified atom stereocenters. The standard InChI is InChI=1S/C60H74N8O14/c1-65(2)36-18-29(20-63-22-33-23-8-9-24(33)12-23)47(69)41-32(36)15-28-17-34-45(67(5)6)51(73)42(57(61)78)55(77)60(34,81)56(39(28)50(41)72)82-68(7)46-35-16-27-14-31-37(66(3)4)19-30(21-64-44-25-10-11-26(44)13-25)48(70)40(31)49(71)38(27)53(75)59(35,80)54(76)43(52(46)74)58(62)79/h18-19,23-28,33-35,44-46,63-64,69-71,76-77,80-81H,8-17,20-22H2,1-7H3,(H2,61,78)(H2,62,79)/t23?,24?,25?,26?,27-,28-,33?,34-,35-,44?,45-,46-,59-,60+/m0/s1. The SMILES string of the molecule is CN(C)c1cc(CNCC2C3CCC2C3)c(O)c2c1C[C@H]1C[C@H]3[C@H](N(C)C)C(=O)C(C(N)=O)=C(O)[C@@]3(O)C(ON(C)[C@@H]3C(=O)C(C(N)=O)=C(O)[C@@]4(O)C(=O)C5=C(O)c6c(O)c(CNC7C8CCC7C8)cc(N(C)C)c6C[C@H]5C[C@@H]34)=C1C2=O. The van der Waals surface area contributed by atoms with E-state index in [0.29, 0.717) is 69.8 Å². The molecule has 4 bridgehead atoms. The van der Waals surface area contributed by atoms with Crippen LogP contribution in [-0.2, 0) is 54.7 Å². The number of primary amides is 2. The molecule has 438 valence electrons. The molecule has 2 aromatic rings. The molecule has 2 amide bonds. The Bertz CT molecular complexity index is 3330. The van der Waals surface area contributed by atoms with E-state index >= 15 is 14.4 Å². The fourth-order valence-corrected chi connectivity index (χ4v) is 17.1. The van der Waals surface area contributed by atoms with Gasteiger partial charge in [0, 0.05) is 99.9 Å². The number of benzene rings is 2. The first-order chi connectivity index (χ1) is 38.7. The summed E-state index contributed by atoms with van der Waals surface area (Å²) in [4.78, 5) is 99.0. The number of carbonyl (C=O) groups is 6. The van der Waals surface area contributed by atoms with E-state index in [1.54, 1.807) is 33.1 Å². The molecule has 82 heavy (non-hydrogen) atoms. The number of rotatable bonds is 15. The lowest BCUT2D eigenvalue weighted by Gasteiger charge is -2.53. The lowest BCUT2D eigenvalue weighted by Crippen LogP contribution is -2.67. The first-order valence-corrected chi connectivity index (χ1v) is 28.6. The number of phenols is 2. The van der Waals surface area contributed by atoms with Crippen LogP contribution in [0.25, 0.3) is 5.76 Å². The Kier molecular flexibility index (Phi) is 13.2. The van der Waals surface area contributed by atoms with Crippen molar-refractivity contribution in [2.24, 2.45) is 64.7 Å². The molecule has 14 rings (SSSR count). The molecular weight excluding hydrogens is 1060 g/mol. The molecule has 12 aliphatic rings. The van der Waals surface area contributed by atoms with Gasteiger partial charge >= 0.3 is 0 Å². The van der Waals surface area contributed by atoms with Gasteiger partial charge in [-0.25, -0.2) is 0 Å². The van der Waals surface area contributed by atoms with Crippen molar-refractivity contribution in [3.8, 4) is 11.5 Å². The van der Waals surface area contributed by atoms with Gasteiger partial charge in [-0.2, -0.15) is 0 Å². The van der Waals surface area contributed by atoms with E-state index in [1.807, 2.05) is 17.0 Å². The fourth-order valence-electron chi connectivity index (χ4n) is 17.1. The van der Waals surface area contributed by atoms with Gasteiger partial charge in [0.2, 0.25) is 5.78 Å². The van der Waals surface area contributed by atoms with E-state index in [1.165, 1.54) is 38.3 Å². The van der Waals surface area contributed by atoms with Crippen LogP contribution in [0, 0.1) is 53.3 Å². The number of hydrogen-bond donors (Lipinski definition) is 11. The molecule has 22 nitrogen and oxygen atoms in total. The molecule has 0 spiro atoms. The highest BCUT2D eigenvalue weighted by Crippen LogP contribution is 2.59. The number of nitrogens with two attached hydrogens (primary N) is 2. The van der Waals surface area contributed by atoms with Crippen LogP contribution in [0.2, 0.25) is 0 Å². The highest BCUT2D eigenvalue weighted by Gasteiger charge is 2.68. The number of allylic oxidation sites excluding steroid dienone is 1. The van der Waals surface area contributed by atoms with Gasteiger partial charge in [-0.1, -0.05) is 0 Å². The average Bonchev–Trinajstić information content (AvgIpc) is 4.41. The number of amides is 2. The number of nitrogens with zero attached hydrogens (tertiary/aromatic N) is 4. The quantitative estimate of drug-likeness (QED) is 0.0897. The van der Waals surface area contributed by atoms with E-state index in [9.17, 15) is 50.1 Å². The van der Waals surface area contributed by atoms with Crippen LogP contribution in [-0.4, -0.2) is 166 Å². The number of fused-ring (bicyclic) bond motifs is 8. The van der Waals surface area contributed by atoms with Crippen molar-refractivity contribution >= 4 is 52.1 Å². The van der Waals surface area contributed by atoms with Crippen LogP contribution in [0.3, 0.4) is 0 Å². The summed E-state index contributed by atoms with van der Waals surface area (Å²) in [5, 5.41) is 95.2. The number of phenolic OH excluding ortho intramolecular Hbond substituents is 2. The molecule has 7 saturated carbocycles. The molecule has 13 N–H and O–H groups in total. The van der Waals surface area contributed by atoms with Crippen molar-refractivity contribution in [2.75, 3.05) is 65.7 Å². The van der Waals surface area contributed by atoms with E-state index in [-0.39, 0.29) is 78.6 Å². The van der Waals surface area contributed by atoms with Crippen LogP contribution in [0.4, 0.5) is 11.4 Å². The maximum absolute atomic E-state index is 15.8. The third-order valence-electron chi connectivity index (χ3n) is 21.0. The fraction of sp³-hybridized carbons (Fsp3) is 0.567. The summed E-state index contributed by atoms with van der Waals surface area (Å²) in [6.07, 6.45) is 6.34. The molecule has 0 heterocycles. The number of hydroxylamine groups is 2. The van der Waals surface area contributed by atoms with Gasteiger partial charge in [0.1, 0.15) is 46.0 Å². The summed E-state index contributed by atoms with van der Waals surface area (Å²) < 4.78 is 0. The predicted octanol–water partition coefficient (Wildman–Crippen LogP) is 2.00. The van der Waals surface area contributed by atoms with E-state index < -0.39 is 116 Å². The van der Waals surface area contributed by atoms with Gasteiger partial charge in [-0.3, -0.25) is 33.7 Å². The third kappa shape index (κ3) is 7.72. The van der Waals surface area contributed by atoms with Gasteiger partial charge in [0.15, 0.2) is 34.3 Å². The molecule has 0 saturated heterocycles. The van der Waals surface area contributed by atoms with Crippen LogP contribution in [0.15, 0.2) is 51.7 Å². The van der Waals surface area contributed by atoms with Crippen molar-refractivity contribution in [3.05, 3.63) is 85.1 Å². The minimum absolute atomic E-state index is 0.00858. The number of carbonyl (C=O) groups excluding carboxylic acids is 6. The number of hydrogen-bond acceptors (Lipinski definition) is 20. The van der Waals surface area contributed by atoms with Crippen LogP contribution in [0.5, 0.6) is 11.5 Å². The number of aliphatic hydroxyl groups excluding tert-OH is 3. The zero-order valence-corrected chi connectivity index (χ0v) is 47.2. The van der Waals surface area contributed by atoms with Gasteiger partial charge in [0.25, 0.3) is 11.8 Å². The number of aromatic hydroxyl groups is 2. The maximum atomic E-state index is 15.8. The summed E-state index contributed by atoms with van der Waals surface area (Å²) in [6, 6.07) is 0.494.